The summed E-state index contributed by atoms with van der Waals surface area (Å²) in [6.45, 7) is 0.618. The number of aliphatic hydroxyl groups excluding tert-OH is 1. The molecule has 4 nitrogen and oxygen atoms in total. The molecule has 0 radical (unpaired) electrons. The number of hydrogen-bond acceptors (Lipinski definition) is 3. The first-order valence-electron chi connectivity index (χ1n) is 5.16. The molecule has 1 saturated carbocycles. The second kappa shape index (κ2) is 4.39. The molecule has 16 heavy (non-hydrogen) atoms. The Kier molecular flexibility index (Phi) is 3.12. The molecule has 0 saturated heterocycles. The van der Waals surface area contributed by atoms with Crippen molar-refractivity contribution < 1.29 is 9.90 Å². The molecule has 0 spiro atoms. The number of aromatic nitrogens is 1. The molecular formula is C11H13ClN2O2. The van der Waals surface area contributed by atoms with Crippen molar-refractivity contribution in [3.8, 4) is 0 Å². The first-order valence-corrected chi connectivity index (χ1v) is 5.54. The van der Waals surface area contributed by atoms with Crippen molar-refractivity contribution in [2.45, 2.75) is 12.8 Å². The predicted molar refractivity (Wildman–Crippen MR) is 60.3 cm³/mol. The predicted octanol–water partition coefficient (Wildman–Crippen LogP) is 1.24. The zero-order chi connectivity index (χ0) is 11.6. The number of pyridine rings is 1. The van der Waals surface area contributed by atoms with Gasteiger partial charge in [-0.3, -0.25) is 9.78 Å². The highest BCUT2D eigenvalue weighted by molar-refractivity contribution is 6.30. The molecule has 0 bridgehead atoms. The van der Waals surface area contributed by atoms with Gasteiger partial charge in [0.25, 0.3) is 5.91 Å². The van der Waals surface area contributed by atoms with Gasteiger partial charge in [-0.25, -0.2) is 0 Å². The second-order valence-electron chi connectivity index (χ2n) is 4.20. The molecule has 0 aromatic carbocycles. The molecule has 5 heteroatoms. The van der Waals surface area contributed by atoms with Gasteiger partial charge in [-0.15, -0.1) is 0 Å². The van der Waals surface area contributed by atoms with Gasteiger partial charge in [0, 0.05) is 23.2 Å². The van der Waals surface area contributed by atoms with Crippen LogP contribution < -0.4 is 5.32 Å². The smallest absolute Gasteiger partial charge is 0.269 e. The summed E-state index contributed by atoms with van der Waals surface area (Å²) in [5.74, 6) is -0.248. The first-order chi connectivity index (χ1) is 7.65. The fourth-order valence-electron chi connectivity index (χ4n) is 1.45. The monoisotopic (exact) mass is 240 g/mol. The van der Waals surface area contributed by atoms with Gasteiger partial charge in [-0.05, 0) is 25.0 Å². The molecule has 1 aliphatic rings. The Hall–Kier alpha value is -1.13. The van der Waals surface area contributed by atoms with E-state index < -0.39 is 0 Å². The Balaban J connectivity index is 1.93. The van der Waals surface area contributed by atoms with Gasteiger partial charge >= 0.3 is 0 Å². The summed E-state index contributed by atoms with van der Waals surface area (Å²) in [6, 6.07) is 3.14. The summed E-state index contributed by atoms with van der Waals surface area (Å²) >= 11 is 5.76. The van der Waals surface area contributed by atoms with E-state index in [0.29, 0.717) is 17.3 Å². The van der Waals surface area contributed by atoms with Crippen molar-refractivity contribution in [3.63, 3.8) is 0 Å². The van der Waals surface area contributed by atoms with Crippen molar-refractivity contribution in [2.75, 3.05) is 13.2 Å². The van der Waals surface area contributed by atoms with Crippen molar-refractivity contribution in [1.29, 1.82) is 0 Å². The number of nitrogens with zero attached hydrogens (tertiary/aromatic N) is 1. The van der Waals surface area contributed by atoms with Crippen molar-refractivity contribution in [3.05, 3.63) is 29.0 Å². The third-order valence-corrected chi connectivity index (χ3v) is 3.11. The van der Waals surface area contributed by atoms with Gasteiger partial charge in [0.2, 0.25) is 0 Å². The molecule has 1 aromatic heterocycles. The minimum Gasteiger partial charge on any atom is -0.396 e. The van der Waals surface area contributed by atoms with E-state index >= 15 is 0 Å². The van der Waals surface area contributed by atoms with Gasteiger partial charge < -0.3 is 10.4 Å². The molecule has 0 unspecified atom stereocenters. The molecule has 2 N–H and O–H groups in total. The maximum atomic E-state index is 11.7. The third-order valence-electron chi connectivity index (χ3n) is 2.87. The standard InChI is InChI=1S/C11H13ClN2O2/c12-8-1-4-13-9(5-8)10(16)14-6-11(7-15)2-3-11/h1,4-5,15H,2-3,6-7H2,(H,14,16). The summed E-state index contributed by atoms with van der Waals surface area (Å²) < 4.78 is 0. The van der Waals surface area contributed by atoms with Crippen LogP contribution in [0.1, 0.15) is 23.3 Å². The molecule has 0 atom stereocenters. The number of aliphatic hydroxyl groups is 1. The van der Waals surface area contributed by atoms with Crippen LogP contribution in [-0.2, 0) is 0 Å². The van der Waals surface area contributed by atoms with Crippen molar-refractivity contribution in [1.82, 2.24) is 10.3 Å². The van der Waals surface area contributed by atoms with E-state index in [1.54, 1.807) is 6.07 Å². The zero-order valence-electron chi connectivity index (χ0n) is 8.74. The molecule has 1 aromatic rings. The van der Waals surface area contributed by atoms with Crippen molar-refractivity contribution in [2.24, 2.45) is 5.41 Å². The number of rotatable bonds is 4. The summed E-state index contributed by atoms with van der Waals surface area (Å²) in [5, 5.41) is 12.3. The molecule has 1 fully saturated rings. The summed E-state index contributed by atoms with van der Waals surface area (Å²) in [7, 11) is 0. The second-order valence-corrected chi connectivity index (χ2v) is 4.64. The van der Waals surface area contributed by atoms with Crippen LogP contribution in [0.3, 0.4) is 0 Å². The maximum absolute atomic E-state index is 11.7. The van der Waals surface area contributed by atoms with Gasteiger partial charge in [0.05, 0.1) is 6.61 Å². The highest BCUT2D eigenvalue weighted by Gasteiger charge is 2.42. The van der Waals surface area contributed by atoms with E-state index in [4.69, 9.17) is 16.7 Å². The molecule has 86 valence electrons. The van der Waals surface area contributed by atoms with E-state index in [1.165, 1.54) is 12.3 Å². The van der Waals surface area contributed by atoms with Crippen LogP contribution in [0, 0.1) is 5.41 Å². The van der Waals surface area contributed by atoms with Crippen molar-refractivity contribution >= 4 is 17.5 Å². The fourth-order valence-corrected chi connectivity index (χ4v) is 1.61. The largest absolute Gasteiger partial charge is 0.396 e. The normalized spacial score (nSPS) is 16.9. The average Bonchev–Trinajstić information content (AvgIpc) is 3.07. The van der Waals surface area contributed by atoms with E-state index in [9.17, 15) is 4.79 Å². The molecular weight excluding hydrogens is 228 g/mol. The van der Waals surface area contributed by atoms with Crippen LogP contribution >= 0.6 is 11.6 Å². The first kappa shape index (κ1) is 11.4. The topological polar surface area (TPSA) is 62.2 Å². The Labute approximate surface area is 98.6 Å². The van der Waals surface area contributed by atoms with Gasteiger partial charge in [0.1, 0.15) is 5.69 Å². The number of halogens is 1. The molecule has 0 aliphatic heterocycles. The Morgan fingerprint density at radius 3 is 2.94 bits per heavy atom. The average molecular weight is 241 g/mol. The number of nitrogens with one attached hydrogen (secondary N) is 1. The van der Waals surface area contributed by atoms with Crippen LogP contribution in [0.2, 0.25) is 5.02 Å². The van der Waals surface area contributed by atoms with Crippen LogP contribution in [0.15, 0.2) is 18.3 Å². The zero-order valence-corrected chi connectivity index (χ0v) is 9.50. The summed E-state index contributed by atoms with van der Waals surface area (Å²) in [5.41, 5.74) is 0.218. The van der Waals surface area contributed by atoms with E-state index in [1.807, 2.05) is 0 Å². The Bertz CT molecular complexity index is 405. The van der Waals surface area contributed by atoms with Crippen LogP contribution in [-0.4, -0.2) is 29.1 Å². The van der Waals surface area contributed by atoms with Crippen LogP contribution in [0.25, 0.3) is 0 Å². The lowest BCUT2D eigenvalue weighted by Gasteiger charge is -2.12. The lowest BCUT2D eigenvalue weighted by molar-refractivity contribution is 0.0930. The quantitative estimate of drug-likeness (QED) is 0.832. The lowest BCUT2D eigenvalue weighted by atomic mass is 10.1. The SMILES string of the molecule is O=C(NCC1(CO)CC1)c1cc(Cl)ccn1. The Morgan fingerprint density at radius 2 is 2.38 bits per heavy atom. The number of amides is 1. The molecule has 2 rings (SSSR count). The number of hydrogen-bond donors (Lipinski definition) is 2. The van der Waals surface area contributed by atoms with Gasteiger partial charge in [-0.2, -0.15) is 0 Å². The van der Waals surface area contributed by atoms with E-state index in [2.05, 4.69) is 10.3 Å². The maximum Gasteiger partial charge on any atom is 0.269 e. The minimum absolute atomic E-state index is 0.0891. The minimum atomic E-state index is -0.248. The summed E-state index contributed by atoms with van der Waals surface area (Å²) in [4.78, 5) is 15.6. The highest BCUT2D eigenvalue weighted by atomic mass is 35.5. The fraction of sp³-hybridized carbons (Fsp3) is 0.455. The van der Waals surface area contributed by atoms with Gasteiger partial charge in [-0.1, -0.05) is 11.6 Å². The van der Waals surface area contributed by atoms with E-state index in [0.717, 1.165) is 12.8 Å². The molecule has 1 amide bonds. The van der Waals surface area contributed by atoms with E-state index in [-0.39, 0.29) is 17.9 Å². The van der Waals surface area contributed by atoms with Crippen LogP contribution in [0.5, 0.6) is 0 Å². The third kappa shape index (κ3) is 2.51. The molecule has 1 aliphatic carbocycles. The van der Waals surface area contributed by atoms with Gasteiger partial charge in [0.15, 0.2) is 0 Å². The molecule has 1 heterocycles. The lowest BCUT2D eigenvalue weighted by Crippen LogP contribution is -2.32. The number of carbonyl (C=O) groups excluding carboxylic acids is 1. The Morgan fingerprint density at radius 1 is 1.62 bits per heavy atom. The highest BCUT2D eigenvalue weighted by Crippen LogP contribution is 2.44. The number of carbonyl (C=O) groups is 1. The summed E-state index contributed by atoms with van der Waals surface area (Å²) in [6.07, 6.45) is 3.43. The van der Waals surface area contributed by atoms with Crippen LogP contribution in [0.4, 0.5) is 0 Å².